The highest BCUT2D eigenvalue weighted by molar-refractivity contribution is 5.77. The maximum atomic E-state index is 11.2. The van der Waals surface area contributed by atoms with Crippen molar-refractivity contribution in [1.82, 2.24) is 5.32 Å². The van der Waals surface area contributed by atoms with Crippen molar-refractivity contribution in [1.29, 1.82) is 0 Å². The quantitative estimate of drug-likeness (QED) is 0.769. The standard InChI is InChI=1S/C14H20N2O2/c1-11-7-12(2)9-13(8-11)18-6-5-16-4-3-15-14(17)10-16/h7-9H,3-6,10H2,1-2H3,(H,15,17)/p+1. The molecule has 0 aliphatic carbocycles. The van der Waals surface area contributed by atoms with E-state index in [-0.39, 0.29) is 5.91 Å². The molecule has 2 rings (SSSR count). The van der Waals surface area contributed by atoms with E-state index in [4.69, 9.17) is 4.74 Å². The molecule has 0 radical (unpaired) electrons. The number of aryl methyl sites for hydroxylation is 2. The number of benzene rings is 1. The number of quaternary nitrogens is 1. The third-order valence-corrected chi connectivity index (χ3v) is 3.13. The molecular formula is C14H21N2O2+. The van der Waals surface area contributed by atoms with Crippen LogP contribution in [0.25, 0.3) is 0 Å². The monoisotopic (exact) mass is 249 g/mol. The zero-order valence-electron chi connectivity index (χ0n) is 11.1. The Morgan fingerprint density at radius 2 is 2.00 bits per heavy atom. The molecule has 0 aromatic heterocycles. The van der Waals surface area contributed by atoms with Crippen molar-refractivity contribution in [3.63, 3.8) is 0 Å². The van der Waals surface area contributed by atoms with E-state index in [1.165, 1.54) is 16.0 Å². The van der Waals surface area contributed by atoms with Crippen LogP contribution in [0.5, 0.6) is 5.75 Å². The molecule has 4 nitrogen and oxygen atoms in total. The molecule has 1 aliphatic heterocycles. The van der Waals surface area contributed by atoms with Crippen molar-refractivity contribution < 1.29 is 14.4 Å². The van der Waals surface area contributed by atoms with Crippen LogP contribution in [0.3, 0.4) is 0 Å². The Labute approximate surface area is 108 Å². The van der Waals surface area contributed by atoms with Crippen LogP contribution in [0.4, 0.5) is 0 Å². The predicted molar refractivity (Wildman–Crippen MR) is 70.0 cm³/mol. The zero-order chi connectivity index (χ0) is 13.0. The summed E-state index contributed by atoms with van der Waals surface area (Å²) in [7, 11) is 0. The lowest BCUT2D eigenvalue weighted by molar-refractivity contribution is -0.893. The van der Waals surface area contributed by atoms with E-state index < -0.39 is 0 Å². The Morgan fingerprint density at radius 3 is 2.67 bits per heavy atom. The molecule has 1 heterocycles. The molecule has 4 heteroatoms. The fourth-order valence-electron chi connectivity index (χ4n) is 2.30. The fourth-order valence-corrected chi connectivity index (χ4v) is 2.30. The number of rotatable bonds is 4. The molecule has 98 valence electrons. The summed E-state index contributed by atoms with van der Waals surface area (Å²) < 4.78 is 5.75. The Bertz CT molecular complexity index is 412. The first-order valence-corrected chi connectivity index (χ1v) is 6.45. The molecule has 1 unspecified atom stereocenters. The van der Waals surface area contributed by atoms with E-state index in [0.717, 1.165) is 25.4 Å². The van der Waals surface area contributed by atoms with Crippen LogP contribution in [0, 0.1) is 13.8 Å². The summed E-state index contributed by atoms with van der Waals surface area (Å²) in [5.41, 5.74) is 2.43. The normalized spacial score (nSPS) is 19.4. The number of ether oxygens (including phenoxy) is 1. The average Bonchev–Trinajstić information content (AvgIpc) is 2.27. The SMILES string of the molecule is Cc1cc(C)cc(OCC[NH+]2CCNC(=O)C2)c1. The molecule has 1 aliphatic rings. The van der Waals surface area contributed by atoms with E-state index in [1.54, 1.807) is 0 Å². The van der Waals surface area contributed by atoms with E-state index in [2.05, 4.69) is 25.2 Å². The first-order valence-electron chi connectivity index (χ1n) is 6.45. The van der Waals surface area contributed by atoms with Crippen molar-refractivity contribution >= 4 is 5.91 Å². The summed E-state index contributed by atoms with van der Waals surface area (Å²) in [6, 6.07) is 6.23. The van der Waals surface area contributed by atoms with Crippen LogP contribution in [-0.2, 0) is 4.79 Å². The highest BCUT2D eigenvalue weighted by atomic mass is 16.5. The number of nitrogens with one attached hydrogen (secondary N) is 2. The summed E-state index contributed by atoms with van der Waals surface area (Å²) in [5.74, 6) is 1.07. The van der Waals surface area contributed by atoms with Crippen molar-refractivity contribution in [2.24, 2.45) is 0 Å². The lowest BCUT2D eigenvalue weighted by atomic mass is 10.1. The first kappa shape index (κ1) is 12.9. The summed E-state index contributed by atoms with van der Waals surface area (Å²) in [6.45, 7) is 8.00. The number of carbonyl (C=O) groups is 1. The van der Waals surface area contributed by atoms with Gasteiger partial charge in [0.2, 0.25) is 0 Å². The second-order valence-electron chi connectivity index (χ2n) is 4.95. The highest BCUT2D eigenvalue weighted by Crippen LogP contribution is 2.15. The van der Waals surface area contributed by atoms with Gasteiger partial charge >= 0.3 is 0 Å². The molecule has 1 aromatic rings. The third kappa shape index (κ3) is 3.74. The number of piperazine rings is 1. The van der Waals surface area contributed by atoms with Gasteiger partial charge in [-0.3, -0.25) is 4.79 Å². The summed E-state index contributed by atoms with van der Waals surface area (Å²) in [6.07, 6.45) is 0. The minimum Gasteiger partial charge on any atom is -0.488 e. The van der Waals surface area contributed by atoms with Gasteiger partial charge in [0.05, 0.1) is 13.1 Å². The van der Waals surface area contributed by atoms with Crippen LogP contribution < -0.4 is 15.0 Å². The summed E-state index contributed by atoms with van der Waals surface area (Å²) in [4.78, 5) is 12.5. The van der Waals surface area contributed by atoms with Crippen LogP contribution in [0.15, 0.2) is 18.2 Å². The number of hydrogen-bond donors (Lipinski definition) is 2. The molecule has 0 bridgehead atoms. The van der Waals surface area contributed by atoms with Gasteiger partial charge in [-0.2, -0.15) is 0 Å². The Kier molecular flexibility index (Phi) is 4.20. The maximum Gasteiger partial charge on any atom is 0.275 e. The van der Waals surface area contributed by atoms with Crippen LogP contribution >= 0.6 is 0 Å². The van der Waals surface area contributed by atoms with Crippen molar-refractivity contribution in [2.45, 2.75) is 13.8 Å². The largest absolute Gasteiger partial charge is 0.488 e. The topological polar surface area (TPSA) is 42.8 Å². The van der Waals surface area contributed by atoms with Gasteiger partial charge in [-0.25, -0.2) is 0 Å². The van der Waals surface area contributed by atoms with E-state index in [1.807, 2.05) is 12.1 Å². The lowest BCUT2D eigenvalue weighted by Crippen LogP contribution is -3.15. The van der Waals surface area contributed by atoms with E-state index in [0.29, 0.717) is 13.2 Å². The van der Waals surface area contributed by atoms with Crippen molar-refractivity contribution in [2.75, 3.05) is 32.8 Å². The van der Waals surface area contributed by atoms with Gasteiger partial charge in [0.1, 0.15) is 18.9 Å². The Hall–Kier alpha value is -1.55. The van der Waals surface area contributed by atoms with Gasteiger partial charge in [0.15, 0.2) is 6.54 Å². The van der Waals surface area contributed by atoms with Gasteiger partial charge < -0.3 is 15.0 Å². The molecule has 0 spiro atoms. The lowest BCUT2D eigenvalue weighted by Gasteiger charge is -2.23. The maximum absolute atomic E-state index is 11.2. The number of hydrogen-bond acceptors (Lipinski definition) is 2. The fraction of sp³-hybridized carbons (Fsp3) is 0.500. The van der Waals surface area contributed by atoms with Gasteiger partial charge in [-0.05, 0) is 37.1 Å². The molecule has 2 N–H and O–H groups in total. The summed E-state index contributed by atoms with van der Waals surface area (Å²) >= 11 is 0. The second-order valence-corrected chi connectivity index (χ2v) is 4.95. The minimum atomic E-state index is 0.141. The molecule has 1 amide bonds. The van der Waals surface area contributed by atoms with Crippen molar-refractivity contribution in [3.05, 3.63) is 29.3 Å². The number of amides is 1. The predicted octanol–water partition coefficient (Wildman–Crippen LogP) is -0.303. The van der Waals surface area contributed by atoms with Gasteiger partial charge in [-0.1, -0.05) is 6.07 Å². The highest BCUT2D eigenvalue weighted by Gasteiger charge is 2.18. The molecule has 1 saturated heterocycles. The third-order valence-electron chi connectivity index (χ3n) is 3.13. The van der Waals surface area contributed by atoms with Gasteiger partial charge in [-0.15, -0.1) is 0 Å². The zero-order valence-corrected chi connectivity index (χ0v) is 11.1. The summed E-state index contributed by atoms with van der Waals surface area (Å²) in [5, 5.41) is 2.83. The molecule has 1 aromatic carbocycles. The Morgan fingerprint density at radius 1 is 1.28 bits per heavy atom. The smallest absolute Gasteiger partial charge is 0.275 e. The molecule has 1 fully saturated rings. The van der Waals surface area contributed by atoms with Crippen molar-refractivity contribution in [3.8, 4) is 5.75 Å². The molecule has 18 heavy (non-hydrogen) atoms. The van der Waals surface area contributed by atoms with Gasteiger partial charge in [0, 0.05) is 0 Å². The van der Waals surface area contributed by atoms with E-state index in [9.17, 15) is 4.79 Å². The minimum absolute atomic E-state index is 0.141. The molecular weight excluding hydrogens is 228 g/mol. The Balaban J connectivity index is 1.79. The molecule has 0 saturated carbocycles. The van der Waals surface area contributed by atoms with Crippen LogP contribution in [0.1, 0.15) is 11.1 Å². The molecule has 1 atom stereocenters. The van der Waals surface area contributed by atoms with E-state index >= 15 is 0 Å². The second kappa shape index (κ2) is 5.87. The average molecular weight is 249 g/mol. The van der Waals surface area contributed by atoms with Crippen LogP contribution in [0.2, 0.25) is 0 Å². The van der Waals surface area contributed by atoms with Gasteiger partial charge in [0.25, 0.3) is 5.91 Å². The number of carbonyl (C=O) groups excluding carboxylic acids is 1. The van der Waals surface area contributed by atoms with Crippen LogP contribution in [-0.4, -0.2) is 38.7 Å². The first-order chi connectivity index (χ1) is 8.63.